The van der Waals surface area contributed by atoms with Gasteiger partial charge in [0.05, 0.1) is 6.67 Å². The Bertz CT molecular complexity index is 292. The zero-order valence-corrected chi connectivity index (χ0v) is 8.25. The molecule has 0 radical (unpaired) electrons. The highest BCUT2D eigenvalue weighted by molar-refractivity contribution is 5.21. The van der Waals surface area contributed by atoms with Crippen molar-refractivity contribution in [2.75, 3.05) is 6.67 Å². The summed E-state index contributed by atoms with van der Waals surface area (Å²) in [6.45, 7) is -0.303. The molecule has 14 heavy (non-hydrogen) atoms. The van der Waals surface area contributed by atoms with Crippen molar-refractivity contribution in [3.8, 4) is 0 Å². The zero-order chi connectivity index (χ0) is 10.0. The summed E-state index contributed by atoms with van der Waals surface area (Å²) in [5.74, 6) is -0.0105. The fourth-order valence-corrected chi connectivity index (χ4v) is 1.84. The maximum absolute atomic E-state index is 12.8. The first-order valence-electron chi connectivity index (χ1n) is 5.13. The Morgan fingerprint density at radius 3 is 2.43 bits per heavy atom. The summed E-state index contributed by atoms with van der Waals surface area (Å²) in [5.41, 5.74) is 7.01. The molecular formula is C12H16FN. The molecule has 2 rings (SSSR count). The van der Waals surface area contributed by atoms with Crippen LogP contribution in [0, 0.1) is 0 Å². The van der Waals surface area contributed by atoms with Gasteiger partial charge < -0.3 is 5.73 Å². The van der Waals surface area contributed by atoms with Crippen LogP contribution in [0.2, 0.25) is 0 Å². The molecule has 2 N–H and O–H groups in total. The standard InChI is InChI=1S/C12H16FN/c13-9-11(8-12(14)6-7-12)10-4-2-1-3-5-10/h1-5,11H,6-9,14H2. The Balaban J connectivity index is 2.06. The minimum atomic E-state index is -0.303. The summed E-state index contributed by atoms with van der Waals surface area (Å²) in [6.07, 6.45) is 2.89. The Hall–Kier alpha value is -0.890. The van der Waals surface area contributed by atoms with Crippen LogP contribution in [0.25, 0.3) is 0 Å². The molecule has 1 aliphatic carbocycles. The third kappa shape index (κ3) is 2.13. The van der Waals surface area contributed by atoms with Gasteiger partial charge in [-0.25, -0.2) is 0 Å². The third-order valence-corrected chi connectivity index (χ3v) is 3.00. The van der Waals surface area contributed by atoms with Crippen molar-refractivity contribution in [3.63, 3.8) is 0 Å². The van der Waals surface area contributed by atoms with Crippen molar-refractivity contribution < 1.29 is 4.39 Å². The van der Waals surface area contributed by atoms with Crippen LogP contribution in [-0.2, 0) is 0 Å². The molecule has 0 saturated heterocycles. The number of rotatable bonds is 4. The van der Waals surface area contributed by atoms with Gasteiger partial charge in [-0.05, 0) is 24.8 Å². The van der Waals surface area contributed by atoms with Gasteiger partial charge in [0.25, 0.3) is 0 Å². The predicted molar refractivity (Wildman–Crippen MR) is 55.9 cm³/mol. The molecule has 2 heteroatoms. The van der Waals surface area contributed by atoms with Gasteiger partial charge in [-0.1, -0.05) is 30.3 Å². The van der Waals surface area contributed by atoms with E-state index in [4.69, 9.17) is 5.73 Å². The van der Waals surface area contributed by atoms with Gasteiger partial charge in [0.15, 0.2) is 0 Å². The average Bonchev–Trinajstić information content (AvgIpc) is 2.95. The number of nitrogens with two attached hydrogens (primary N) is 1. The Morgan fingerprint density at radius 2 is 1.93 bits per heavy atom. The number of hydrogen-bond donors (Lipinski definition) is 1. The maximum Gasteiger partial charge on any atom is 0.0963 e. The van der Waals surface area contributed by atoms with Crippen LogP contribution in [0.5, 0.6) is 0 Å². The molecule has 0 amide bonds. The van der Waals surface area contributed by atoms with E-state index in [0.29, 0.717) is 0 Å². The summed E-state index contributed by atoms with van der Waals surface area (Å²) in [5, 5.41) is 0. The van der Waals surface area contributed by atoms with Gasteiger partial charge in [0.2, 0.25) is 0 Å². The summed E-state index contributed by atoms with van der Waals surface area (Å²) in [6, 6.07) is 9.82. The molecule has 1 aromatic rings. The van der Waals surface area contributed by atoms with Crippen molar-refractivity contribution in [1.29, 1.82) is 0 Å². The molecule has 0 heterocycles. The summed E-state index contributed by atoms with van der Waals surface area (Å²) < 4.78 is 12.8. The van der Waals surface area contributed by atoms with Crippen molar-refractivity contribution in [2.24, 2.45) is 5.73 Å². The first-order chi connectivity index (χ1) is 6.73. The fraction of sp³-hybridized carbons (Fsp3) is 0.500. The largest absolute Gasteiger partial charge is 0.325 e. The van der Waals surface area contributed by atoms with Crippen LogP contribution in [-0.4, -0.2) is 12.2 Å². The number of halogens is 1. The van der Waals surface area contributed by atoms with Crippen LogP contribution in [0.4, 0.5) is 4.39 Å². The average molecular weight is 193 g/mol. The highest BCUT2D eigenvalue weighted by Crippen LogP contribution is 2.41. The van der Waals surface area contributed by atoms with Gasteiger partial charge in [-0.3, -0.25) is 4.39 Å². The SMILES string of the molecule is NC1(CC(CF)c2ccccc2)CC1. The van der Waals surface area contributed by atoms with E-state index in [1.54, 1.807) is 0 Å². The minimum Gasteiger partial charge on any atom is -0.325 e. The molecule has 1 aromatic carbocycles. The van der Waals surface area contributed by atoms with E-state index < -0.39 is 0 Å². The van der Waals surface area contributed by atoms with Gasteiger partial charge in [-0.15, -0.1) is 0 Å². The van der Waals surface area contributed by atoms with Gasteiger partial charge in [-0.2, -0.15) is 0 Å². The van der Waals surface area contributed by atoms with E-state index in [9.17, 15) is 4.39 Å². The molecule has 1 atom stereocenters. The van der Waals surface area contributed by atoms with Crippen molar-refractivity contribution in [3.05, 3.63) is 35.9 Å². The second-order valence-electron chi connectivity index (χ2n) is 4.33. The van der Waals surface area contributed by atoms with Crippen LogP contribution in [0.15, 0.2) is 30.3 Å². The van der Waals surface area contributed by atoms with Crippen LogP contribution >= 0.6 is 0 Å². The molecular weight excluding hydrogens is 177 g/mol. The van der Waals surface area contributed by atoms with E-state index >= 15 is 0 Å². The first-order valence-corrected chi connectivity index (χ1v) is 5.13. The smallest absolute Gasteiger partial charge is 0.0963 e. The van der Waals surface area contributed by atoms with E-state index in [1.165, 1.54) is 0 Å². The Labute approximate surface area is 84.1 Å². The molecule has 1 unspecified atom stereocenters. The molecule has 1 saturated carbocycles. The molecule has 76 valence electrons. The second kappa shape index (κ2) is 3.70. The molecule has 0 aliphatic heterocycles. The highest BCUT2D eigenvalue weighted by Gasteiger charge is 2.40. The quantitative estimate of drug-likeness (QED) is 0.781. The normalized spacial score (nSPS) is 20.4. The van der Waals surface area contributed by atoms with E-state index in [2.05, 4.69) is 0 Å². The van der Waals surface area contributed by atoms with Gasteiger partial charge in [0.1, 0.15) is 0 Å². The summed E-state index contributed by atoms with van der Waals surface area (Å²) in [7, 11) is 0. The first kappa shape index (κ1) is 9.66. The van der Waals surface area contributed by atoms with Crippen LogP contribution in [0.1, 0.15) is 30.7 Å². The van der Waals surface area contributed by atoms with E-state index in [1.807, 2.05) is 30.3 Å². The van der Waals surface area contributed by atoms with Crippen molar-refractivity contribution in [2.45, 2.75) is 30.7 Å². The zero-order valence-electron chi connectivity index (χ0n) is 8.25. The summed E-state index contributed by atoms with van der Waals surface area (Å²) >= 11 is 0. The van der Waals surface area contributed by atoms with Crippen molar-refractivity contribution in [1.82, 2.24) is 0 Å². The molecule has 1 nitrogen and oxygen atoms in total. The second-order valence-corrected chi connectivity index (χ2v) is 4.33. The molecule has 1 fully saturated rings. The lowest BCUT2D eigenvalue weighted by molar-refractivity contribution is 0.388. The summed E-state index contributed by atoms with van der Waals surface area (Å²) in [4.78, 5) is 0. The monoisotopic (exact) mass is 193 g/mol. The number of benzene rings is 1. The Morgan fingerprint density at radius 1 is 1.29 bits per heavy atom. The third-order valence-electron chi connectivity index (χ3n) is 3.00. The molecule has 1 aliphatic rings. The highest BCUT2D eigenvalue weighted by atomic mass is 19.1. The van der Waals surface area contributed by atoms with E-state index in [0.717, 1.165) is 24.8 Å². The lowest BCUT2D eigenvalue weighted by atomic mass is 9.92. The number of hydrogen-bond acceptors (Lipinski definition) is 1. The van der Waals surface area contributed by atoms with E-state index in [-0.39, 0.29) is 18.1 Å². The molecule has 0 bridgehead atoms. The topological polar surface area (TPSA) is 26.0 Å². The van der Waals surface area contributed by atoms with Crippen molar-refractivity contribution >= 4 is 0 Å². The lowest BCUT2D eigenvalue weighted by Gasteiger charge is -2.17. The minimum absolute atomic E-state index is 0.0105. The van der Waals surface area contributed by atoms with Gasteiger partial charge in [0, 0.05) is 11.5 Å². The molecule has 0 aromatic heterocycles. The maximum atomic E-state index is 12.8. The predicted octanol–water partition coefficient (Wildman–Crippen LogP) is 2.62. The molecule has 0 spiro atoms. The Kier molecular flexibility index (Phi) is 2.55. The van der Waals surface area contributed by atoms with Crippen LogP contribution < -0.4 is 5.73 Å². The lowest BCUT2D eigenvalue weighted by Crippen LogP contribution is -2.25. The fourth-order valence-electron chi connectivity index (χ4n) is 1.84. The van der Waals surface area contributed by atoms with Gasteiger partial charge >= 0.3 is 0 Å². The van der Waals surface area contributed by atoms with Crippen LogP contribution in [0.3, 0.4) is 0 Å². The number of alkyl halides is 1.